The van der Waals surface area contributed by atoms with Gasteiger partial charge in [-0.15, -0.1) is 0 Å². The van der Waals surface area contributed by atoms with Gasteiger partial charge >= 0.3 is 12.7 Å². The van der Waals surface area contributed by atoms with Crippen molar-refractivity contribution in [2.24, 2.45) is 0 Å². The quantitative estimate of drug-likeness (QED) is 0.118. The number of methoxy groups -OCH3 is 2. The number of hydrogen-bond acceptors (Lipinski definition) is 10. The molecule has 1 N–H and O–H groups in total. The van der Waals surface area contributed by atoms with E-state index in [0.29, 0.717) is 17.0 Å². The zero-order valence-corrected chi connectivity index (χ0v) is 32.1. The van der Waals surface area contributed by atoms with Gasteiger partial charge < -0.3 is 34.1 Å². The molecule has 0 aliphatic carbocycles. The van der Waals surface area contributed by atoms with Gasteiger partial charge in [0.1, 0.15) is 45.2 Å². The average Bonchev–Trinajstić information content (AvgIpc) is 3.10. The molecule has 4 aromatic rings. The van der Waals surface area contributed by atoms with E-state index in [0.717, 1.165) is 34.8 Å². The van der Waals surface area contributed by atoms with Gasteiger partial charge in [-0.2, -0.15) is 8.78 Å². The van der Waals surface area contributed by atoms with Gasteiger partial charge in [-0.1, -0.05) is 11.6 Å². The monoisotopic (exact) mass is 797 g/mol. The highest BCUT2D eigenvalue weighted by Gasteiger charge is 2.31. The number of amides is 1. The molecule has 0 saturated heterocycles. The fourth-order valence-corrected chi connectivity index (χ4v) is 6.74. The van der Waals surface area contributed by atoms with Crippen LogP contribution in [0.5, 0.6) is 17.2 Å². The van der Waals surface area contributed by atoms with Crippen molar-refractivity contribution in [3.05, 3.63) is 89.1 Å². The summed E-state index contributed by atoms with van der Waals surface area (Å²) in [5.74, 6) is -1.64. The second-order valence-electron chi connectivity index (χ2n) is 12.8. The molecular formula is C36H40ClF4N5O7S. The number of ether oxygens (including phenoxy) is 4. The molecule has 0 unspecified atom stereocenters. The first-order valence-corrected chi connectivity index (χ1v) is 18.0. The highest BCUT2D eigenvalue weighted by Crippen LogP contribution is 2.38. The second kappa shape index (κ2) is 17.3. The largest absolute Gasteiger partial charge is 0.497 e. The number of benzene rings is 3. The third-order valence-corrected chi connectivity index (χ3v) is 9.79. The molecule has 3 aromatic carbocycles. The predicted molar refractivity (Wildman–Crippen MR) is 197 cm³/mol. The van der Waals surface area contributed by atoms with Crippen molar-refractivity contribution >= 4 is 50.6 Å². The molecule has 0 radical (unpaired) electrons. The lowest BCUT2D eigenvalue weighted by Crippen LogP contribution is -2.38. The molecule has 0 saturated carbocycles. The Morgan fingerprint density at radius 1 is 0.926 bits per heavy atom. The van der Waals surface area contributed by atoms with Gasteiger partial charge in [0, 0.05) is 50.9 Å². The topological polar surface area (TPSA) is 123 Å². The summed E-state index contributed by atoms with van der Waals surface area (Å²) in [6.45, 7) is 2.01. The first kappa shape index (κ1) is 41.6. The van der Waals surface area contributed by atoms with Gasteiger partial charge in [-0.05, 0) is 63.2 Å². The molecule has 0 spiro atoms. The molecule has 1 heterocycles. The van der Waals surface area contributed by atoms with Gasteiger partial charge in [-0.3, -0.25) is 0 Å². The molecule has 0 aliphatic heterocycles. The SMILES string of the molecule is COc1ccc(CN(c2ccc(F)cn2)S(=O)(=O)c2cc(Cl)c(Nc3ccc(OC(F)F)cc3N(C)CCN(C)C(=O)OC(C)(C)C)cc2F)c(OC)c1. The third kappa shape index (κ3) is 10.5. The van der Waals surface area contributed by atoms with E-state index in [2.05, 4.69) is 15.0 Å². The Hall–Kier alpha value is -5.16. The standard InChI is InChI=1S/C36H40ClF4N5O7S/c1-36(2,3)53-35(47)45(5)15-14-44(4)30-16-25(52-34(40)41)11-12-28(30)43-29-19-27(39)32(18-26(29)37)54(48,49)46(33-13-9-23(38)20-42-33)21-22-8-10-24(50-6)17-31(22)51-7/h8-13,16-20,34,43H,14-15,21H2,1-7H3. The normalized spacial score (nSPS) is 11.6. The van der Waals surface area contributed by atoms with E-state index in [9.17, 15) is 26.4 Å². The van der Waals surface area contributed by atoms with Crippen LogP contribution in [-0.2, 0) is 21.3 Å². The molecular weight excluding hydrogens is 758 g/mol. The van der Waals surface area contributed by atoms with Crippen LogP contribution in [0.2, 0.25) is 5.02 Å². The number of carbonyl (C=O) groups excluding carboxylic acids is 1. The lowest BCUT2D eigenvalue weighted by Gasteiger charge is -2.28. The van der Waals surface area contributed by atoms with E-state index in [1.54, 1.807) is 44.9 Å². The van der Waals surface area contributed by atoms with Crippen LogP contribution in [0.3, 0.4) is 0 Å². The number of sulfonamides is 1. The van der Waals surface area contributed by atoms with Crippen molar-refractivity contribution in [1.82, 2.24) is 9.88 Å². The molecule has 0 fully saturated rings. The summed E-state index contributed by atoms with van der Waals surface area (Å²) < 4.78 is 106. The van der Waals surface area contributed by atoms with Crippen LogP contribution in [0, 0.1) is 11.6 Å². The first-order valence-electron chi connectivity index (χ1n) is 16.2. The Kier molecular flexibility index (Phi) is 13.3. The summed E-state index contributed by atoms with van der Waals surface area (Å²) >= 11 is 6.59. The molecule has 0 aliphatic rings. The van der Waals surface area contributed by atoms with Crippen molar-refractivity contribution in [3.63, 3.8) is 0 Å². The Balaban J connectivity index is 1.69. The fraction of sp³-hybridized carbons (Fsp3) is 0.333. The first-order chi connectivity index (χ1) is 25.3. The van der Waals surface area contributed by atoms with Crippen molar-refractivity contribution < 1.29 is 49.7 Å². The molecule has 0 atom stereocenters. The summed E-state index contributed by atoms with van der Waals surface area (Å²) in [5, 5.41) is 2.72. The molecule has 0 bridgehead atoms. The van der Waals surface area contributed by atoms with Crippen LogP contribution in [-0.4, -0.2) is 78.0 Å². The van der Waals surface area contributed by atoms with E-state index in [-0.39, 0.29) is 46.8 Å². The zero-order chi connectivity index (χ0) is 40.0. The number of nitrogens with zero attached hydrogens (tertiary/aromatic N) is 4. The van der Waals surface area contributed by atoms with Gasteiger partial charge in [0.05, 0.1) is 49.0 Å². The van der Waals surface area contributed by atoms with Crippen molar-refractivity contribution in [3.8, 4) is 17.2 Å². The number of alkyl halides is 2. The van der Waals surface area contributed by atoms with Crippen LogP contribution in [0.25, 0.3) is 0 Å². The van der Waals surface area contributed by atoms with Gasteiger partial charge in [0.25, 0.3) is 10.0 Å². The molecule has 18 heteroatoms. The minimum Gasteiger partial charge on any atom is -0.497 e. The van der Waals surface area contributed by atoms with Gasteiger partial charge in [0.15, 0.2) is 0 Å². The average molecular weight is 798 g/mol. The van der Waals surface area contributed by atoms with Crippen LogP contribution in [0.15, 0.2) is 71.8 Å². The Labute approximate surface area is 316 Å². The maximum Gasteiger partial charge on any atom is 0.410 e. The van der Waals surface area contributed by atoms with Crippen LogP contribution >= 0.6 is 11.6 Å². The lowest BCUT2D eigenvalue weighted by atomic mass is 10.2. The molecule has 1 amide bonds. The van der Waals surface area contributed by atoms with Gasteiger partial charge in [0.2, 0.25) is 0 Å². The molecule has 54 heavy (non-hydrogen) atoms. The maximum atomic E-state index is 16.0. The number of hydrogen-bond donors (Lipinski definition) is 1. The number of nitrogens with one attached hydrogen (secondary N) is 1. The zero-order valence-electron chi connectivity index (χ0n) is 30.5. The van der Waals surface area contributed by atoms with Crippen molar-refractivity contribution in [2.45, 2.75) is 44.4 Å². The molecule has 4 rings (SSSR count). The summed E-state index contributed by atoms with van der Waals surface area (Å²) in [7, 11) is 1.21. The minimum atomic E-state index is -4.79. The number of halogens is 5. The number of likely N-dealkylation sites (N-methyl/N-ethyl adjacent to an activating group) is 2. The maximum absolute atomic E-state index is 16.0. The van der Waals surface area contributed by atoms with E-state index >= 15 is 4.39 Å². The van der Waals surface area contributed by atoms with E-state index in [1.807, 2.05) is 0 Å². The molecule has 12 nitrogen and oxygen atoms in total. The number of rotatable bonds is 15. The van der Waals surface area contributed by atoms with Gasteiger partial charge in [-0.25, -0.2) is 31.3 Å². The van der Waals surface area contributed by atoms with Crippen molar-refractivity contribution in [1.29, 1.82) is 0 Å². The number of anilines is 4. The molecule has 292 valence electrons. The molecule has 1 aromatic heterocycles. The van der Waals surface area contributed by atoms with Crippen molar-refractivity contribution in [2.75, 3.05) is 55.9 Å². The number of carbonyl (C=O) groups is 1. The highest BCUT2D eigenvalue weighted by molar-refractivity contribution is 7.92. The number of pyridine rings is 1. The van der Waals surface area contributed by atoms with E-state index < -0.39 is 51.4 Å². The Morgan fingerprint density at radius 3 is 2.24 bits per heavy atom. The number of aromatic nitrogens is 1. The van der Waals surface area contributed by atoms with Crippen LogP contribution in [0.4, 0.5) is 45.2 Å². The summed E-state index contributed by atoms with van der Waals surface area (Å²) in [5.41, 5.74) is 0.102. The van der Waals surface area contributed by atoms with E-state index in [4.69, 9.17) is 25.8 Å². The Morgan fingerprint density at radius 2 is 1.63 bits per heavy atom. The fourth-order valence-electron chi connectivity index (χ4n) is 4.99. The summed E-state index contributed by atoms with van der Waals surface area (Å²) in [6.07, 6.45) is 0.250. The third-order valence-electron chi connectivity index (χ3n) is 7.72. The van der Waals surface area contributed by atoms with E-state index in [1.165, 1.54) is 50.4 Å². The lowest BCUT2D eigenvalue weighted by molar-refractivity contribution is -0.0498. The van der Waals surface area contributed by atoms with Crippen LogP contribution < -0.4 is 28.7 Å². The summed E-state index contributed by atoms with van der Waals surface area (Å²) in [6, 6.07) is 12.5. The second-order valence-corrected chi connectivity index (χ2v) is 15.0. The highest BCUT2D eigenvalue weighted by atomic mass is 35.5. The summed E-state index contributed by atoms with van der Waals surface area (Å²) in [4.78, 5) is 18.6. The van der Waals surface area contributed by atoms with Crippen LogP contribution in [0.1, 0.15) is 26.3 Å². The smallest absolute Gasteiger partial charge is 0.410 e. The Bertz CT molecular complexity index is 2050. The minimum absolute atomic E-state index is 0.0700. The predicted octanol–water partition coefficient (Wildman–Crippen LogP) is 8.07.